The highest BCUT2D eigenvalue weighted by Crippen LogP contribution is 2.19. The number of nitrogens with zero attached hydrogens (tertiary/aromatic N) is 1. The molecule has 7 heteroatoms. The van der Waals surface area contributed by atoms with E-state index in [1.165, 1.54) is 30.4 Å². The first-order valence-electron chi connectivity index (χ1n) is 9.02. The lowest BCUT2D eigenvalue weighted by molar-refractivity contribution is -0.134. The van der Waals surface area contributed by atoms with E-state index < -0.39 is 5.82 Å². The van der Waals surface area contributed by atoms with E-state index in [1.54, 1.807) is 42.5 Å². The van der Waals surface area contributed by atoms with Gasteiger partial charge >= 0.3 is 0 Å². The van der Waals surface area contributed by atoms with E-state index in [0.29, 0.717) is 17.0 Å². The SMILES string of the molecule is COc1ccc(CC(=O)N(CC(=O)Nc2ccccc2)Cc2ccco2)cc1F. The molecule has 1 aromatic heterocycles. The minimum absolute atomic E-state index is 0.0553. The predicted octanol–water partition coefficient (Wildman–Crippen LogP) is 3.64. The molecule has 1 heterocycles. The summed E-state index contributed by atoms with van der Waals surface area (Å²) < 4.78 is 24.1. The third-order valence-corrected chi connectivity index (χ3v) is 4.24. The highest BCUT2D eigenvalue weighted by molar-refractivity contribution is 5.94. The third kappa shape index (κ3) is 5.68. The van der Waals surface area contributed by atoms with E-state index >= 15 is 0 Å². The maximum atomic E-state index is 13.9. The lowest BCUT2D eigenvalue weighted by Crippen LogP contribution is -2.38. The van der Waals surface area contributed by atoms with Gasteiger partial charge in [-0.1, -0.05) is 24.3 Å². The van der Waals surface area contributed by atoms with Gasteiger partial charge in [0, 0.05) is 5.69 Å². The second-order valence-electron chi connectivity index (χ2n) is 6.39. The molecule has 6 nitrogen and oxygen atoms in total. The average molecular weight is 396 g/mol. The Hall–Kier alpha value is -3.61. The summed E-state index contributed by atoms with van der Waals surface area (Å²) in [6, 6.07) is 16.8. The summed E-state index contributed by atoms with van der Waals surface area (Å²) in [5.74, 6) is -0.550. The number of hydrogen-bond acceptors (Lipinski definition) is 4. The van der Waals surface area contributed by atoms with Crippen molar-refractivity contribution in [2.24, 2.45) is 0 Å². The smallest absolute Gasteiger partial charge is 0.244 e. The summed E-state index contributed by atoms with van der Waals surface area (Å²) in [6.07, 6.45) is 1.45. The summed E-state index contributed by atoms with van der Waals surface area (Å²) in [6.45, 7) is -0.0280. The number of halogens is 1. The van der Waals surface area contributed by atoms with Gasteiger partial charge in [0.1, 0.15) is 12.3 Å². The number of hydrogen-bond donors (Lipinski definition) is 1. The third-order valence-electron chi connectivity index (χ3n) is 4.24. The fourth-order valence-corrected chi connectivity index (χ4v) is 2.82. The van der Waals surface area contributed by atoms with Crippen molar-refractivity contribution in [3.63, 3.8) is 0 Å². The van der Waals surface area contributed by atoms with Crippen LogP contribution in [0.2, 0.25) is 0 Å². The van der Waals surface area contributed by atoms with Gasteiger partial charge in [-0.3, -0.25) is 9.59 Å². The second-order valence-corrected chi connectivity index (χ2v) is 6.39. The van der Waals surface area contributed by atoms with Crippen molar-refractivity contribution in [3.8, 4) is 5.75 Å². The van der Waals surface area contributed by atoms with Gasteiger partial charge in [-0.15, -0.1) is 0 Å². The lowest BCUT2D eigenvalue weighted by atomic mass is 10.1. The van der Waals surface area contributed by atoms with Crippen molar-refractivity contribution in [1.29, 1.82) is 0 Å². The molecule has 0 radical (unpaired) electrons. The van der Waals surface area contributed by atoms with Crippen LogP contribution in [0.4, 0.5) is 10.1 Å². The Morgan fingerprint density at radius 2 is 1.90 bits per heavy atom. The molecular weight excluding hydrogens is 375 g/mol. The second kappa shape index (κ2) is 9.54. The largest absolute Gasteiger partial charge is 0.494 e. The standard InChI is InChI=1S/C22H21FN2O4/c1-28-20-10-9-16(12-19(20)23)13-22(27)25(14-18-8-5-11-29-18)15-21(26)24-17-6-3-2-4-7-17/h2-12H,13-15H2,1H3,(H,24,26). The van der Waals surface area contributed by atoms with Crippen molar-refractivity contribution >= 4 is 17.5 Å². The van der Waals surface area contributed by atoms with Crippen LogP contribution >= 0.6 is 0 Å². The fraction of sp³-hybridized carbons (Fsp3) is 0.182. The number of para-hydroxylation sites is 1. The number of ether oxygens (including phenoxy) is 1. The number of rotatable bonds is 8. The molecule has 150 valence electrons. The molecule has 0 aliphatic rings. The van der Waals surface area contributed by atoms with Gasteiger partial charge in [0.25, 0.3) is 0 Å². The van der Waals surface area contributed by atoms with Crippen molar-refractivity contribution < 1.29 is 23.1 Å². The number of amides is 2. The molecule has 0 aliphatic carbocycles. The zero-order valence-electron chi connectivity index (χ0n) is 15.9. The van der Waals surface area contributed by atoms with Crippen molar-refractivity contribution in [2.45, 2.75) is 13.0 Å². The van der Waals surface area contributed by atoms with Crippen molar-refractivity contribution in [3.05, 3.63) is 84.1 Å². The van der Waals surface area contributed by atoms with Crippen molar-refractivity contribution in [1.82, 2.24) is 4.90 Å². The Bertz CT molecular complexity index is 958. The van der Waals surface area contributed by atoms with Gasteiger partial charge in [-0.25, -0.2) is 4.39 Å². The zero-order chi connectivity index (χ0) is 20.6. The first-order valence-corrected chi connectivity index (χ1v) is 9.02. The van der Waals surface area contributed by atoms with E-state index in [1.807, 2.05) is 6.07 Å². The molecule has 29 heavy (non-hydrogen) atoms. The molecule has 0 aliphatic heterocycles. The molecule has 2 aromatic carbocycles. The predicted molar refractivity (Wildman–Crippen MR) is 106 cm³/mol. The van der Waals surface area contributed by atoms with Crippen LogP contribution < -0.4 is 10.1 Å². The minimum atomic E-state index is -0.544. The van der Waals surface area contributed by atoms with E-state index in [9.17, 15) is 14.0 Å². The van der Waals surface area contributed by atoms with E-state index in [2.05, 4.69) is 5.32 Å². The van der Waals surface area contributed by atoms with E-state index in [4.69, 9.17) is 9.15 Å². The van der Waals surface area contributed by atoms with Gasteiger partial charge < -0.3 is 19.4 Å². The van der Waals surface area contributed by atoms with Crippen LogP contribution in [-0.4, -0.2) is 30.4 Å². The molecule has 0 atom stereocenters. The van der Waals surface area contributed by atoms with Gasteiger partial charge in [0.2, 0.25) is 11.8 Å². The maximum Gasteiger partial charge on any atom is 0.244 e. The summed E-state index contributed by atoms with van der Waals surface area (Å²) in [5.41, 5.74) is 1.13. The molecular formula is C22H21FN2O4. The summed E-state index contributed by atoms with van der Waals surface area (Å²) in [7, 11) is 1.37. The number of furan rings is 1. The highest BCUT2D eigenvalue weighted by atomic mass is 19.1. The number of benzene rings is 2. The molecule has 0 saturated carbocycles. The summed E-state index contributed by atoms with van der Waals surface area (Å²) in [5, 5.41) is 2.75. The first kappa shape index (κ1) is 20.1. The zero-order valence-corrected chi connectivity index (χ0v) is 15.9. The Kier molecular flexibility index (Phi) is 6.63. The summed E-state index contributed by atoms with van der Waals surface area (Å²) >= 11 is 0. The van der Waals surface area contributed by atoms with E-state index in [-0.39, 0.29) is 37.1 Å². The van der Waals surface area contributed by atoms with Crippen molar-refractivity contribution in [2.75, 3.05) is 19.0 Å². The van der Waals surface area contributed by atoms with Gasteiger partial charge in [0.15, 0.2) is 11.6 Å². The molecule has 0 unspecified atom stereocenters. The summed E-state index contributed by atoms with van der Waals surface area (Å²) in [4.78, 5) is 26.7. The van der Waals surface area contributed by atoms with Crippen LogP contribution in [0.25, 0.3) is 0 Å². The lowest BCUT2D eigenvalue weighted by Gasteiger charge is -2.21. The maximum absolute atomic E-state index is 13.9. The molecule has 3 aromatic rings. The number of nitrogens with one attached hydrogen (secondary N) is 1. The minimum Gasteiger partial charge on any atom is -0.494 e. The van der Waals surface area contributed by atoms with Gasteiger partial charge in [-0.2, -0.15) is 0 Å². The van der Waals surface area contributed by atoms with Crippen LogP contribution in [0.15, 0.2) is 71.3 Å². The quantitative estimate of drug-likeness (QED) is 0.631. The van der Waals surface area contributed by atoms with Gasteiger partial charge in [-0.05, 0) is 42.0 Å². The van der Waals surface area contributed by atoms with Crippen LogP contribution in [0.5, 0.6) is 5.75 Å². The molecule has 0 bridgehead atoms. The Labute approximate surface area is 167 Å². The number of methoxy groups -OCH3 is 1. The van der Waals surface area contributed by atoms with Crippen LogP contribution in [-0.2, 0) is 22.6 Å². The van der Waals surface area contributed by atoms with Crippen LogP contribution in [0.3, 0.4) is 0 Å². The Morgan fingerprint density at radius 3 is 2.55 bits per heavy atom. The first-order chi connectivity index (χ1) is 14.0. The van der Waals surface area contributed by atoms with Crippen LogP contribution in [0.1, 0.15) is 11.3 Å². The normalized spacial score (nSPS) is 10.4. The van der Waals surface area contributed by atoms with E-state index in [0.717, 1.165) is 0 Å². The highest BCUT2D eigenvalue weighted by Gasteiger charge is 2.20. The van der Waals surface area contributed by atoms with Crippen LogP contribution in [0, 0.1) is 5.82 Å². The Morgan fingerprint density at radius 1 is 1.10 bits per heavy atom. The molecule has 0 fully saturated rings. The topological polar surface area (TPSA) is 71.8 Å². The number of carbonyl (C=O) groups is 2. The molecule has 2 amide bonds. The molecule has 0 spiro atoms. The number of anilines is 1. The Balaban J connectivity index is 1.71. The number of carbonyl (C=O) groups excluding carboxylic acids is 2. The monoisotopic (exact) mass is 396 g/mol. The molecule has 0 saturated heterocycles. The molecule has 1 N–H and O–H groups in total. The van der Waals surface area contributed by atoms with Gasteiger partial charge in [0.05, 0.1) is 26.3 Å². The average Bonchev–Trinajstić information content (AvgIpc) is 3.21. The fourth-order valence-electron chi connectivity index (χ4n) is 2.82. The molecule has 3 rings (SSSR count).